The molecule has 6 heteroatoms. The molecular weight excluding hydrogens is 224 g/mol. The molecule has 0 unspecified atom stereocenters. The van der Waals surface area contributed by atoms with Gasteiger partial charge in [-0.15, -0.1) is 11.3 Å². The maximum Gasteiger partial charge on any atom is 0.277 e. The molecule has 0 saturated carbocycles. The van der Waals surface area contributed by atoms with E-state index in [1.807, 2.05) is 5.38 Å². The molecule has 0 amide bonds. The Morgan fingerprint density at radius 1 is 1.38 bits per heavy atom. The van der Waals surface area contributed by atoms with Gasteiger partial charge >= 0.3 is 0 Å². The summed E-state index contributed by atoms with van der Waals surface area (Å²) in [6.45, 7) is 6.39. The van der Waals surface area contributed by atoms with Gasteiger partial charge in [-0.3, -0.25) is 0 Å². The van der Waals surface area contributed by atoms with Gasteiger partial charge in [0.2, 0.25) is 0 Å². The van der Waals surface area contributed by atoms with Crippen LogP contribution in [0.15, 0.2) is 9.90 Å². The van der Waals surface area contributed by atoms with E-state index in [1.165, 1.54) is 11.3 Å². The van der Waals surface area contributed by atoms with Crippen molar-refractivity contribution in [2.75, 3.05) is 5.73 Å². The molecule has 0 bridgehead atoms. The molecule has 0 aliphatic carbocycles. The summed E-state index contributed by atoms with van der Waals surface area (Å²) in [7, 11) is 0. The normalized spacial score (nSPS) is 11.9. The molecule has 0 atom stereocenters. The standard InChI is InChI=1S/C10H14N4OS/c1-10(2,3)4-7-13-8(15-14-7)6-5-16-9(11)12-6/h5H,4H2,1-3H3,(H2,11,12). The van der Waals surface area contributed by atoms with Gasteiger partial charge in [0.25, 0.3) is 5.89 Å². The van der Waals surface area contributed by atoms with Crippen LogP contribution in [0.4, 0.5) is 5.13 Å². The number of thiazole rings is 1. The van der Waals surface area contributed by atoms with Gasteiger partial charge in [0.1, 0.15) is 5.69 Å². The van der Waals surface area contributed by atoms with Crippen molar-refractivity contribution in [3.05, 3.63) is 11.2 Å². The monoisotopic (exact) mass is 238 g/mol. The summed E-state index contributed by atoms with van der Waals surface area (Å²) < 4.78 is 5.14. The molecule has 2 N–H and O–H groups in total. The molecule has 0 radical (unpaired) electrons. The Kier molecular flexibility index (Phi) is 2.67. The molecular formula is C10H14N4OS. The third-order valence-electron chi connectivity index (χ3n) is 1.90. The van der Waals surface area contributed by atoms with Crippen molar-refractivity contribution >= 4 is 16.5 Å². The largest absolute Gasteiger partial charge is 0.375 e. The van der Waals surface area contributed by atoms with Crippen LogP contribution < -0.4 is 5.73 Å². The fourth-order valence-corrected chi connectivity index (χ4v) is 1.83. The molecule has 5 nitrogen and oxygen atoms in total. The van der Waals surface area contributed by atoms with Crippen molar-refractivity contribution in [2.24, 2.45) is 5.41 Å². The average Bonchev–Trinajstić information content (AvgIpc) is 2.71. The molecule has 2 heterocycles. The lowest BCUT2D eigenvalue weighted by Gasteiger charge is -2.14. The predicted molar refractivity (Wildman–Crippen MR) is 63.0 cm³/mol. The number of nitrogens with two attached hydrogens (primary N) is 1. The molecule has 0 spiro atoms. The minimum absolute atomic E-state index is 0.141. The van der Waals surface area contributed by atoms with Crippen LogP contribution >= 0.6 is 11.3 Å². The van der Waals surface area contributed by atoms with Crippen LogP contribution in [0.1, 0.15) is 26.6 Å². The summed E-state index contributed by atoms with van der Waals surface area (Å²) in [5.74, 6) is 1.14. The van der Waals surface area contributed by atoms with Crippen LogP contribution in [-0.2, 0) is 6.42 Å². The Morgan fingerprint density at radius 2 is 2.12 bits per heavy atom. The summed E-state index contributed by atoms with van der Waals surface area (Å²) in [6, 6.07) is 0. The maximum absolute atomic E-state index is 5.54. The maximum atomic E-state index is 5.54. The van der Waals surface area contributed by atoms with Gasteiger partial charge < -0.3 is 10.3 Å². The van der Waals surface area contributed by atoms with Crippen LogP contribution in [0, 0.1) is 5.41 Å². The van der Waals surface area contributed by atoms with E-state index >= 15 is 0 Å². The Labute approximate surface area is 97.7 Å². The third-order valence-corrected chi connectivity index (χ3v) is 2.57. The van der Waals surface area contributed by atoms with Crippen molar-refractivity contribution in [1.29, 1.82) is 0 Å². The van der Waals surface area contributed by atoms with Gasteiger partial charge in [-0.25, -0.2) is 4.98 Å². The zero-order valence-corrected chi connectivity index (χ0v) is 10.3. The van der Waals surface area contributed by atoms with Gasteiger partial charge in [-0.05, 0) is 5.41 Å². The highest BCUT2D eigenvalue weighted by atomic mass is 32.1. The molecule has 16 heavy (non-hydrogen) atoms. The van der Waals surface area contributed by atoms with Crippen molar-refractivity contribution in [1.82, 2.24) is 15.1 Å². The van der Waals surface area contributed by atoms with Crippen molar-refractivity contribution in [3.63, 3.8) is 0 Å². The summed E-state index contributed by atoms with van der Waals surface area (Å²) in [5.41, 5.74) is 6.33. The molecule has 0 aromatic carbocycles. The lowest BCUT2D eigenvalue weighted by atomic mass is 9.92. The molecule has 0 fully saturated rings. The molecule has 86 valence electrons. The quantitative estimate of drug-likeness (QED) is 0.869. The summed E-state index contributed by atoms with van der Waals surface area (Å²) in [6.07, 6.45) is 0.774. The molecule has 0 saturated heterocycles. The van der Waals surface area contributed by atoms with E-state index in [9.17, 15) is 0 Å². The van der Waals surface area contributed by atoms with Crippen molar-refractivity contribution in [2.45, 2.75) is 27.2 Å². The third kappa shape index (κ3) is 2.57. The van der Waals surface area contributed by atoms with Gasteiger partial charge in [0.15, 0.2) is 11.0 Å². The van der Waals surface area contributed by atoms with Gasteiger partial charge in [-0.1, -0.05) is 25.9 Å². The zero-order chi connectivity index (χ0) is 11.8. The first-order valence-corrected chi connectivity index (χ1v) is 5.86. The van der Waals surface area contributed by atoms with E-state index in [2.05, 4.69) is 35.9 Å². The van der Waals surface area contributed by atoms with E-state index in [1.54, 1.807) is 0 Å². The van der Waals surface area contributed by atoms with E-state index in [-0.39, 0.29) is 5.41 Å². The molecule has 2 rings (SSSR count). The Hall–Kier alpha value is -1.43. The van der Waals surface area contributed by atoms with Crippen LogP contribution in [0.3, 0.4) is 0 Å². The Morgan fingerprint density at radius 3 is 2.69 bits per heavy atom. The second-order valence-electron chi connectivity index (χ2n) is 4.82. The van der Waals surface area contributed by atoms with Crippen LogP contribution in [0.5, 0.6) is 0 Å². The highest BCUT2D eigenvalue weighted by Crippen LogP contribution is 2.23. The minimum atomic E-state index is 0.141. The number of aromatic nitrogens is 3. The van der Waals surface area contributed by atoms with Gasteiger partial charge in [-0.2, -0.15) is 4.98 Å². The first kappa shape index (κ1) is 11.1. The Bertz CT molecular complexity index is 483. The number of nitrogens with zero attached hydrogens (tertiary/aromatic N) is 3. The van der Waals surface area contributed by atoms with E-state index in [4.69, 9.17) is 10.3 Å². The number of rotatable bonds is 2. The van der Waals surface area contributed by atoms with E-state index in [0.29, 0.717) is 22.5 Å². The first-order valence-electron chi connectivity index (χ1n) is 4.98. The predicted octanol–water partition coefficient (Wildman–Crippen LogP) is 2.36. The summed E-state index contributed by atoms with van der Waals surface area (Å²) in [5, 5.41) is 6.24. The smallest absolute Gasteiger partial charge is 0.277 e. The number of hydrogen-bond acceptors (Lipinski definition) is 6. The number of nitrogen functional groups attached to an aromatic ring is 1. The van der Waals surface area contributed by atoms with Crippen LogP contribution in [-0.4, -0.2) is 15.1 Å². The van der Waals surface area contributed by atoms with Gasteiger partial charge in [0, 0.05) is 11.8 Å². The molecule has 2 aromatic heterocycles. The minimum Gasteiger partial charge on any atom is -0.375 e. The van der Waals surface area contributed by atoms with Crippen molar-refractivity contribution in [3.8, 4) is 11.6 Å². The highest BCUT2D eigenvalue weighted by molar-refractivity contribution is 7.13. The fourth-order valence-electron chi connectivity index (χ4n) is 1.29. The molecule has 0 aliphatic rings. The van der Waals surface area contributed by atoms with Gasteiger partial charge in [0.05, 0.1) is 0 Å². The summed E-state index contributed by atoms with van der Waals surface area (Å²) >= 11 is 1.36. The lowest BCUT2D eigenvalue weighted by molar-refractivity contribution is 0.374. The SMILES string of the molecule is CC(C)(C)Cc1noc(-c2csc(N)n2)n1. The first-order chi connectivity index (χ1) is 7.44. The van der Waals surface area contributed by atoms with Crippen LogP contribution in [0.25, 0.3) is 11.6 Å². The average molecular weight is 238 g/mol. The lowest BCUT2D eigenvalue weighted by Crippen LogP contribution is -2.10. The molecule has 0 aliphatic heterocycles. The number of anilines is 1. The second kappa shape index (κ2) is 3.86. The topological polar surface area (TPSA) is 77.8 Å². The Balaban J connectivity index is 2.20. The van der Waals surface area contributed by atoms with Crippen molar-refractivity contribution < 1.29 is 4.52 Å². The van der Waals surface area contributed by atoms with E-state index < -0.39 is 0 Å². The fraction of sp³-hybridized carbons (Fsp3) is 0.500. The second-order valence-corrected chi connectivity index (χ2v) is 5.71. The summed E-state index contributed by atoms with van der Waals surface area (Å²) in [4.78, 5) is 8.38. The highest BCUT2D eigenvalue weighted by Gasteiger charge is 2.17. The zero-order valence-electron chi connectivity index (χ0n) is 9.52. The number of hydrogen-bond donors (Lipinski definition) is 1. The molecule has 2 aromatic rings. The van der Waals surface area contributed by atoms with Crippen LogP contribution in [0.2, 0.25) is 0 Å². The van der Waals surface area contributed by atoms with E-state index in [0.717, 1.165) is 6.42 Å².